The van der Waals surface area contributed by atoms with Crippen LogP contribution in [0.5, 0.6) is 0 Å². The second-order valence-electron chi connectivity index (χ2n) is 8.56. The molecule has 3 heterocycles. The lowest BCUT2D eigenvalue weighted by Crippen LogP contribution is -2.58. The third kappa shape index (κ3) is 5.25. The number of piperidine rings is 1. The van der Waals surface area contributed by atoms with Crippen molar-refractivity contribution in [2.24, 2.45) is 0 Å². The van der Waals surface area contributed by atoms with Crippen LogP contribution in [-0.2, 0) is 6.54 Å². The van der Waals surface area contributed by atoms with E-state index in [0.717, 1.165) is 63.4 Å². The largest absolute Gasteiger partial charge is 0.397 e. The van der Waals surface area contributed by atoms with Crippen LogP contribution in [0.2, 0.25) is 10.0 Å². The number of anilines is 2. The molecule has 31 heavy (non-hydrogen) atoms. The van der Waals surface area contributed by atoms with Crippen LogP contribution in [0, 0.1) is 5.82 Å². The lowest BCUT2D eigenvalue weighted by molar-refractivity contribution is 0.0607. The van der Waals surface area contributed by atoms with E-state index >= 15 is 0 Å². The predicted molar refractivity (Wildman–Crippen MR) is 126 cm³/mol. The summed E-state index contributed by atoms with van der Waals surface area (Å²) in [7, 11) is 0. The summed E-state index contributed by atoms with van der Waals surface area (Å²) in [5, 5.41) is 1.06. The van der Waals surface area contributed by atoms with E-state index in [1.165, 1.54) is 6.07 Å². The molecule has 8 heteroatoms. The summed E-state index contributed by atoms with van der Waals surface area (Å²) in [6, 6.07) is 7.77. The van der Waals surface area contributed by atoms with Gasteiger partial charge < -0.3 is 10.6 Å². The van der Waals surface area contributed by atoms with Gasteiger partial charge in [-0.3, -0.25) is 9.80 Å². The van der Waals surface area contributed by atoms with Crippen molar-refractivity contribution in [3.63, 3.8) is 0 Å². The molecule has 2 aromatic rings. The average Bonchev–Trinajstić information content (AvgIpc) is 2.76. The Morgan fingerprint density at radius 3 is 2.58 bits per heavy atom. The third-order valence-electron chi connectivity index (χ3n) is 6.58. The monoisotopic (exact) mass is 465 g/mol. The molecule has 0 unspecified atom stereocenters. The molecule has 2 aliphatic rings. The van der Waals surface area contributed by atoms with Crippen molar-refractivity contribution >= 4 is 34.7 Å². The van der Waals surface area contributed by atoms with Gasteiger partial charge in [0, 0.05) is 48.8 Å². The molecular weight excluding hydrogens is 436 g/mol. The molecule has 0 spiro atoms. The number of piperazine rings is 1. The Kier molecular flexibility index (Phi) is 7.22. The first-order chi connectivity index (χ1) is 14.9. The van der Waals surface area contributed by atoms with Crippen molar-refractivity contribution in [2.45, 2.75) is 44.8 Å². The van der Waals surface area contributed by atoms with E-state index in [0.29, 0.717) is 34.4 Å². The highest BCUT2D eigenvalue weighted by atomic mass is 35.5. The zero-order chi connectivity index (χ0) is 22.0. The van der Waals surface area contributed by atoms with Gasteiger partial charge in [0.25, 0.3) is 0 Å². The van der Waals surface area contributed by atoms with Crippen LogP contribution in [-0.4, -0.2) is 59.6 Å². The van der Waals surface area contributed by atoms with Crippen molar-refractivity contribution in [3.05, 3.63) is 51.9 Å². The van der Waals surface area contributed by atoms with Crippen LogP contribution in [0.15, 0.2) is 30.5 Å². The van der Waals surface area contributed by atoms with Gasteiger partial charge in [0.05, 0.1) is 16.9 Å². The highest BCUT2D eigenvalue weighted by Crippen LogP contribution is 2.30. The van der Waals surface area contributed by atoms with E-state index in [9.17, 15) is 4.39 Å². The number of likely N-dealkylation sites (tertiary alicyclic amines) is 1. The summed E-state index contributed by atoms with van der Waals surface area (Å²) < 4.78 is 14.2. The topological polar surface area (TPSA) is 48.6 Å². The van der Waals surface area contributed by atoms with Gasteiger partial charge in [-0.05, 0) is 50.6 Å². The van der Waals surface area contributed by atoms with E-state index in [1.807, 2.05) is 0 Å². The Balaban J connectivity index is 1.34. The van der Waals surface area contributed by atoms with Crippen LogP contribution in [0.25, 0.3) is 0 Å². The van der Waals surface area contributed by atoms with Crippen molar-refractivity contribution in [2.75, 3.05) is 43.4 Å². The lowest BCUT2D eigenvalue weighted by Gasteiger charge is -2.47. The molecule has 1 aromatic carbocycles. The number of hydrogen-bond acceptors (Lipinski definition) is 5. The first kappa shape index (κ1) is 22.6. The molecule has 2 N–H and O–H groups in total. The second kappa shape index (κ2) is 9.90. The van der Waals surface area contributed by atoms with Crippen molar-refractivity contribution < 1.29 is 4.39 Å². The number of hydrogen-bond donors (Lipinski definition) is 1. The normalized spacial score (nSPS) is 21.5. The van der Waals surface area contributed by atoms with Gasteiger partial charge in [-0.15, -0.1) is 0 Å². The predicted octanol–water partition coefficient (Wildman–Crippen LogP) is 4.67. The Labute approximate surface area is 193 Å². The van der Waals surface area contributed by atoms with Gasteiger partial charge in [0.15, 0.2) is 0 Å². The van der Waals surface area contributed by atoms with Crippen LogP contribution in [0.4, 0.5) is 15.9 Å². The van der Waals surface area contributed by atoms with Crippen molar-refractivity contribution in [1.29, 1.82) is 0 Å². The smallest absolute Gasteiger partial charge is 0.147 e. The Bertz CT molecular complexity index is 904. The van der Waals surface area contributed by atoms with E-state index in [2.05, 4.69) is 26.6 Å². The summed E-state index contributed by atoms with van der Waals surface area (Å²) in [4.78, 5) is 11.8. The lowest BCUT2D eigenvalue weighted by atomic mass is 9.97. The first-order valence-corrected chi connectivity index (χ1v) is 11.8. The summed E-state index contributed by atoms with van der Waals surface area (Å²) in [6.07, 6.45) is 4.96. The maximum absolute atomic E-state index is 14.2. The number of nitrogens with two attached hydrogens (primary N) is 1. The molecule has 0 radical (unpaired) electrons. The van der Waals surface area contributed by atoms with E-state index in [1.54, 1.807) is 24.4 Å². The van der Waals surface area contributed by atoms with Gasteiger partial charge in [-0.25, -0.2) is 9.37 Å². The summed E-state index contributed by atoms with van der Waals surface area (Å²) >= 11 is 12.3. The molecular formula is C23H30Cl2FN5. The van der Waals surface area contributed by atoms with Gasteiger partial charge in [0.1, 0.15) is 11.6 Å². The van der Waals surface area contributed by atoms with E-state index in [-0.39, 0.29) is 5.82 Å². The quantitative estimate of drug-likeness (QED) is 0.694. The molecule has 1 aromatic heterocycles. The minimum Gasteiger partial charge on any atom is -0.397 e. The Morgan fingerprint density at radius 1 is 1.13 bits per heavy atom. The minimum absolute atomic E-state index is 0.216. The van der Waals surface area contributed by atoms with Crippen LogP contribution in [0.1, 0.15) is 31.7 Å². The number of benzene rings is 1. The molecule has 4 rings (SSSR count). The molecule has 0 bridgehead atoms. The fraction of sp³-hybridized carbons (Fsp3) is 0.522. The van der Waals surface area contributed by atoms with Gasteiger partial charge in [-0.1, -0.05) is 36.2 Å². The van der Waals surface area contributed by atoms with E-state index < -0.39 is 0 Å². The van der Waals surface area contributed by atoms with E-state index in [4.69, 9.17) is 28.9 Å². The fourth-order valence-corrected chi connectivity index (χ4v) is 5.34. The van der Waals surface area contributed by atoms with Gasteiger partial charge in [0.2, 0.25) is 0 Å². The molecule has 5 nitrogen and oxygen atoms in total. The molecule has 1 atom stereocenters. The zero-order valence-corrected chi connectivity index (χ0v) is 19.4. The zero-order valence-electron chi connectivity index (χ0n) is 17.9. The molecule has 0 amide bonds. The maximum atomic E-state index is 14.2. The number of nitrogen functional groups attached to an aromatic ring is 1. The number of nitrogens with zero attached hydrogens (tertiary/aromatic N) is 4. The second-order valence-corrected chi connectivity index (χ2v) is 9.41. The SMILES string of the molecule is CC[C@H]1CN(c2ncc(N)cc2Cl)CCN1C1CCN(Cc2ccc(Cl)cc2F)CC1. The highest BCUT2D eigenvalue weighted by molar-refractivity contribution is 6.33. The maximum Gasteiger partial charge on any atom is 0.147 e. The number of rotatable bonds is 5. The fourth-order valence-electron chi connectivity index (χ4n) is 4.88. The van der Waals surface area contributed by atoms with Crippen molar-refractivity contribution in [3.8, 4) is 0 Å². The van der Waals surface area contributed by atoms with Crippen LogP contribution >= 0.6 is 23.2 Å². The number of pyridine rings is 1. The van der Waals surface area contributed by atoms with Gasteiger partial charge >= 0.3 is 0 Å². The first-order valence-electron chi connectivity index (χ1n) is 11.0. The van der Waals surface area contributed by atoms with Crippen LogP contribution < -0.4 is 10.6 Å². The molecule has 0 saturated carbocycles. The molecule has 2 aliphatic heterocycles. The molecule has 2 fully saturated rings. The minimum atomic E-state index is -0.216. The molecule has 2 saturated heterocycles. The standard InChI is InChI=1S/C23H30Cl2FN5/c1-2-19-15-30(23-21(25)12-18(27)13-28-23)9-10-31(19)20-5-7-29(8-6-20)14-16-3-4-17(24)11-22(16)26/h3-4,11-13,19-20H,2,5-10,14-15,27H2,1H3/t19-/m0/s1. The molecule has 168 valence electrons. The highest BCUT2D eigenvalue weighted by Gasteiger charge is 2.34. The molecule has 0 aliphatic carbocycles. The summed E-state index contributed by atoms with van der Waals surface area (Å²) in [5.41, 5.74) is 7.11. The van der Waals surface area contributed by atoms with Gasteiger partial charge in [-0.2, -0.15) is 0 Å². The average molecular weight is 466 g/mol. The Morgan fingerprint density at radius 2 is 1.90 bits per heavy atom. The third-order valence-corrected chi connectivity index (χ3v) is 7.09. The summed E-state index contributed by atoms with van der Waals surface area (Å²) in [6.45, 7) is 7.67. The summed E-state index contributed by atoms with van der Waals surface area (Å²) in [5.74, 6) is 0.612. The number of aromatic nitrogens is 1. The van der Waals surface area contributed by atoms with Crippen molar-refractivity contribution in [1.82, 2.24) is 14.8 Å². The Hall–Kier alpha value is -1.60. The number of halogens is 3. The van der Waals surface area contributed by atoms with Crippen LogP contribution in [0.3, 0.4) is 0 Å².